The van der Waals surface area contributed by atoms with E-state index in [1.54, 1.807) is 0 Å². The molecule has 0 radical (unpaired) electrons. The van der Waals surface area contributed by atoms with E-state index in [4.69, 9.17) is 0 Å². The molecule has 1 aliphatic heterocycles. The third-order valence-corrected chi connectivity index (χ3v) is 6.68. The van der Waals surface area contributed by atoms with Crippen molar-refractivity contribution in [2.45, 2.75) is 51.7 Å². The molecule has 2 fully saturated rings. The fraction of sp³-hybridized carbons (Fsp3) is 1.00. The summed E-state index contributed by atoms with van der Waals surface area (Å²) in [4.78, 5) is 0. The van der Waals surface area contributed by atoms with Crippen molar-refractivity contribution in [2.75, 3.05) is 5.75 Å². The fourth-order valence-electron chi connectivity index (χ4n) is 3.24. The van der Waals surface area contributed by atoms with E-state index in [1.165, 1.54) is 0 Å². The molecular weight excluding hydrogens is 208 g/mol. The van der Waals surface area contributed by atoms with E-state index >= 15 is 0 Å². The van der Waals surface area contributed by atoms with Crippen molar-refractivity contribution in [3.8, 4) is 0 Å². The largest absolute Gasteiger partial charge is 0.229 e. The van der Waals surface area contributed by atoms with Crippen LogP contribution in [0.15, 0.2) is 0 Å². The minimum atomic E-state index is -2.75. The minimum Gasteiger partial charge on any atom is -0.229 e. The van der Waals surface area contributed by atoms with Crippen LogP contribution in [0.2, 0.25) is 0 Å². The first kappa shape index (κ1) is 11.4. The standard InChI is InChI=1S/C12H22O2S/c1-12(2,3)10-7-9-5-4-6-15(13,14)11(9)8-10/h9-11H,4-8H2,1-3H3. The van der Waals surface area contributed by atoms with E-state index in [1.807, 2.05) is 0 Å². The SMILES string of the molecule is CC(C)(C)C1CC2CCCS(=O)(=O)C2C1. The van der Waals surface area contributed by atoms with Crippen LogP contribution in [-0.4, -0.2) is 19.4 Å². The molecule has 0 bridgehead atoms. The Kier molecular flexibility index (Phi) is 2.65. The van der Waals surface area contributed by atoms with Crippen LogP contribution in [-0.2, 0) is 9.84 Å². The van der Waals surface area contributed by atoms with Gasteiger partial charge in [0.05, 0.1) is 11.0 Å². The maximum atomic E-state index is 11.9. The van der Waals surface area contributed by atoms with Crippen molar-refractivity contribution in [3.05, 3.63) is 0 Å². The van der Waals surface area contributed by atoms with Gasteiger partial charge in [0.2, 0.25) is 0 Å². The normalized spacial score (nSPS) is 40.1. The van der Waals surface area contributed by atoms with Crippen molar-refractivity contribution in [1.29, 1.82) is 0 Å². The Morgan fingerprint density at radius 1 is 1.13 bits per heavy atom. The summed E-state index contributed by atoms with van der Waals surface area (Å²) in [6.45, 7) is 6.71. The molecule has 88 valence electrons. The number of sulfone groups is 1. The van der Waals surface area contributed by atoms with E-state index in [9.17, 15) is 8.42 Å². The van der Waals surface area contributed by atoms with Crippen LogP contribution in [0.1, 0.15) is 46.5 Å². The summed E-state index contributed by atoms with van der Waals surface area (Å²) in [6, 6.07) is 0. The van der Waals surface area contributed by atoms with Gasteiger partial charge >= 0.3 is 0 Å². The second-order valence-corrected chi connectivity index (χ2v) is 8.68. The molecule has 1 saturated carbocycles. The maximum absolute atomic E-state index is 11.9. The molecule has 0 aromatic carbocycles. The molecule has 0 spiro atoms. The highest BCUT2D eigenvalue weighted by Gasteiger charge is 2.46. The molecule has 2 aliphatic rings. The van der Waals surface area contributed by atoms with Gasteiger partial charge in [-0.1, -0.05) is 20.8 Å². The van der Waals surface area contributed by atoms with Gasteiger partial charge in [-0.3, -0.25) is 0 Å². The highest BCUT2D eigenvalue weighted by atomic mass is 32.2. The molecule has 0 N–H and O–H groups in total. The van der Waals surface area contributed by atoms with Crippen LogP contribution in [0.4, 0.5) is 0 Å². The lowest BCUT2D eigenvalue weighted by atomic mass is 9.79. The monoisotopic (exact) mass is 230 g/mol. The van der Waals surface area contributed by atoms with Crippen LogP contribution in [0.25, 0.3) is 0 Å². The molecule has 15 heavy (non-hydrogen) atoms. The maximum Gasteiger partial charge on any atom is 0.153 e. The minimum absolute atomic E-state index is 0.00419. The zero-order valence-electron chi connectivity index (χ0n) is 9.99. The second kappa shape index (κ2) is 3.47. The van der Waals surface area contributed by atoms with Gasteiger partial charge in [0.15, 0.2) is 9.84 Å². The topological polar surface area (TPSA) is 34.1 Å². The molecule has 0 amide bonds. The van der Waals surface area contributed by atoms with E-state index in [0.717, 1.165) is 25.7 Å². The van der Waals surface area contributed by atoms with E-state index in [-0.39, 0.29) is 10.7 Å². The highest BCUT2D eigenvalue weighted by molar-refractivity contribution is 7.92. The first-order chi connectivity index (χ1) is 6.81. The molecule has 3 unspecified atom stereocenters. The number of hydrogen-bond donors (Lipinski definition) is 0. The first-order valence-electron chi connectivity index (χ1n) is 6.02. The van der Waals surface area contributed by atoms with E-state index in [0.29, 0.717) is 17.6 Å². The smallest absolute Gasteiger partial charge is 0.153 e. The predicted molar refractivity (Wildman–Crippen MR) is 62.5 cm³/mol. The fourth-order valence-corrected chi connectivity index (χ4v) is 5.47. The van der Waals surface area contributed by atoms with Crippen LogP contribution in [0.5, 0.6) is 0 Å². The van der Waals surface area contributed by atoms with Gasteiger partial charge in [-0.25, -0.2) is 8.42 Å². The van der Waals surface area contributed by atoms with Gasteiger partial charge in [0, 0.05) is 0 Å². The van der Waals surface area contributed by atoms with Crippen LogP contribution < -0.4 is 0 Å². The van der Waals surface area contributed by atoms with E-state index in [2.05, 4.69) is 20.8 Å². The molecule has 3 atom stereocenters. The summed E-state index contributed by atoms with van der Waals surface area (Å²) in [7, 11) is -2.75. The Morgan fingerprint density at radius 3 is 2.33 bits per heavy atom. The third-order valence-electron chi connectivity index (χ3n) is 4.32. The third kappa shape index (κ3) is 2.08. The van der Waals surface area contributed by atoms with Gasteiger partial charge < -0.3 is 0 Å². The lowest BCUT2D eigenvalue weighted by Gasteiger charge is -2.26. The molecule has 3 heteroatoms. The second-order valence-electron chi connectivity index (χ2n) is 6.34. The Balaban J connectivity index is 2.19. The van der Waals surface area contributed by atoms with Crippen LogP contribution >= 0.6 is 0 Å². The summed E-state index contributed by atoms with van der Waals surface area (Å²) in [6.07, 6.45) is 4.07. The zero-order valence-corrected chi connectivity index (χ0v) is 10.8. The predicted octanol–water partition coefficient (Wildman–Crippen LogP) is 2.64. The summed E-state index contributed by atoms with van der Waals surface area (Å²) in [5.41, 5.74) is 0.271. The van der Waals surface area contributed by atoms with Crippen molar-refractivity contribution < 1.29 is 8.42 Å². The lowest BCUT2D eigenvalue weighted by Crippen LogP contribution is -2.32. The summed E-state index contributed by atoms with van der Waals surface area (Å²) < 4.78 is 23.9. The molecule has 0 aromatic heterocycles. The Bertz CT molecular complexity index is 337. The quantitative estimate of drug-likeness (QED) is 0.641. The van der Waals surface area contributed by atoms with Crippen molar-refractivity contribution in [2.24, 2.45) is 17.3 Å². The highest BCUT2D eigenvalue weighted by Crippen LogP contribution is 2.48. The number of rotatable bonds is 0. The Morgan fingerprint density at radius 2 is 1.80 bits per heavy atom. The van der Waals surface area contributed by atoms with Crippen molar-refractivity contribution >= 4 is 9.84 Å². The van der Waals surface area contributed by atoms with Gasteiger partial charge in [0.1, 0.15) is 0 Å². The average molecular weight is 230 g/mol. The summed E-state index contributed by atoms with van der Waals surface area (Å²) in [5.74, 6) is 1.50. The van der Waals surface area contributed by atoms with Gasteiger partial charge in [-0.15, -0.1) is 0 Å². The molecule has 0 aromatic rings. The Hall–Kier alpha value is -0.0500. The summed E-state index contributed by atoms with van der Waals surface area (Å²) in [5, 5.41) is -0.00419. The van der Waals surface area contributed by atoms with Crippen LogP contribution in [0, 0.1) is 17.3 Å². The molecular formula is C12H22O2S. The summed E-state index contributed by atoms with van der Waals surface area (Å²) >= 11 is 0. The first-order valence-corrected chi connectivity index (χ1v) is 7.74. The molecule has 1 aliphatic carbocycles. The van der Waals surface area contributed by atoms with Crippen LogP contribution in [0.3, 0.4) is 0 Å². The molecule has 2 nitrogen and oxygen atoms in total. The van der Waals surface area contributed by atoms with Crippen molar-refractivity contribution in [1.82, 2.24) is 0 Å². The van der Waals surface area contributed by atoms with E-state index < -0.39 is 9.84 Å². The van der Waals surface area contributed by atoms with Gasteiger partial charge in [-0.05, 0) is 42.9 Å². The number of hydrogen-bond acceptors (Lipinski definition) is 2. The van der Waals surface area contributed by atoms with Gasteiger partial charge in [0.25, 0.3) is 0 Å². The molecule has 1 heterocycles. The zero-order chi connectivity index (χ0) is 11.3. The van der Waals surface area contributed by atoms with Gasteiger partial charge in [-0.2, -0.15) is 0 Å². The lowest BCUT2D eigenvalue weighted by molar-refractivity contribution is 0.238. The Labute approximate surface area is 93.4 Å². The average Bonchev–Trinajstić information content (AvgIpc) is 2.47. The number of fused-ring (bicyclic) bond motifs is 1. The van der Waals surface area contributed by atoms with Crippen molar-refractivity contribution in [3.63, 3.8) is 0 Å². The molecule has 2 rings (SSSR count). The molecule has 1 saturated heterocycles.